The fourth-order valence-corrected chi connectivity index (χ4v) is 2.02. The molecule has 0 saturated carbocycles. The normalized spacial score (nSPS) is 33.9. The van der Waals surface area contributed by atoms with Crippen LogP contribution in [0.15, 0.2) is 0 Å². The van der Waals surface area contributed by atoms with E-state index in [1.807, 2.05) is 0 Å². The fourth-order valence-electron chi connectivity index (χ4n) is 2.02. The van der Waals surface area contributed by atoms with Gasteiger partial charge in [-0.2, -0.15) is 0 Å². The van der Waals surface area contributed by atoms with Crippen LogP contribution in [-0.4, -0.2) is 48.6 Å². The van der Waals surface area contributed by atoms with E-state index >= 15 is 0 Å². The number of nitrogens with one attached hydrogen (secondary N) is 1. The predicted molar refractivity (Wildman–Crippen MR) is 48.5 cm³/mol. The molecule has 0 spiro atoms. The van der Waals surface area contributed by atoms with Gasteiger partial charge in [0.1, 0.15) is 13.2 Å². The van der Waals surface area contributed by atoms with Crippen LogP contribution < -0.4 is 5.32 Å². The van der Waals surface area contributed by atoms with Crippen molar-refractivity contribution in [3.8, 4) is 0 Å². The van der Waals surface area contributed by atoms with Crippen LogP contribution in [-0.2, 0) is 14.3 Å². The summed E-state index contributed by atoms with van der Waals surface area (Å²) < 4.78 is 4.85. The number of hydrogen-bond donors (Lipinski definition) is 1. The van der Waals surface area contributed by atoms with E-state index < -0.39 is 0 Å². The first-order chi connectivity index (χ1) is 6.68. The number of hydrogen-bond acceptors (Lipinski definition) is 4. The highest BCUT2D eigenvalue weighted by Gasteiger charge is 2.36. The molecule has 2 rings (SSSR count). The number of amides is 2. The van der Waals surface area contributed by atoms with E-state index in [4.69, 9.17) is 4.74 Å². The summed E-state index contributed by atoms with van der Waals surface area (Å²) >= 11 is 0. The Balaban J connectivity index is 2.07. The van der Waals surface area contributed by atoms with Crippen LogP contribution in [0.25, 0.3) is 0 Å². The maximum absolute atomic E-state index is 11.5. The summed E-state index contributed by atoms with van der Waals surface area (Å²) in [4.78, 5) is 24.3. The van der Waals surface area contributed by atoms with Gasteiger partial charge >= 0.3 is 0 Å². The molecule has 14 heavy (non-hydrogen) atoms. The molecule has 0 bridgehead atoms. The van der Waals surface area contributed by atoms with Gasteiger partial charge in [-0.25, -0.2) is 0 Å². The maximum Gasteiger partial charge on any atom is 0.255 e. The fraction of sp³-hybridized carbons (Fsp3) is 0.778. The van der Waals surface area contributed by atoms with Crippen molar-refractivity contribution in [3.05, 3.63) is 0 Å². The van der Waals surface area contributed by atoms with Crippen molar-refractivity contribution in [1.82, 2.24) is 10.2 Å². The lowest BCUT2D eigenvalue weighted by Crippen LogP contribution is -2.52. The third-order valence-electron chi connectivity index (χ3n) is 2.68. The van der Waals surface area contributed by atoms with Crippen LogP contribution in [0.3, 0.4) is 0 Å². The Morgan fingerprint density at radius 1 is 1.36 bits per heavy atom. The zero-order chi connectivity index (χ0) is 10.1. The molecule has 2 atom stereocenters. The van der Waals surface area contributed by atoms with Gasteiger partial charge in [-0.3, -0.25) is 14.5 Å². The maximum atomic E-state index is 11.5. The Morgan fingerprint density at radius 3 is 2.50 bits per heavy atom. The van der Waals surface area contributed by atoms with Crippen molar-refractivity contribution in [1.29, 1.82) is 0 Å². The van der Waals surface area contributed by atoms with Crippen molar-refractivity contribution in [2.45, 2.75) is 25.4 Å². The van der Waals surface area contributed by atoms with Crippen LogP contribution >= 0.6 is 0 Å². The predicted octanol–water partition coefficient (Wildman–Crippen LogP) is -0.878. The Kier molecular flexibility index (Phi) is 2.52. The highest BCUT2D eigenvalue weighted by atomic mass is 16.5. The van der Waals surface area contributed by atoms with Crippen molar-refractivity contribution >= 4 is 11.8 Å². The third-order valence-corrected chi connectivity index (χ3v) is 2.68. The quantitative estimate of drug-likeness (QED) is 0.556. The Labute approximate surface area is 82.4 Å². The van der Waals surface area contributed by atoms with Gasteiger partial charge in [-0.1, -0.05) is 0 Å². The second kappa shape index (κ2) is 3.67. The molecule has 2 amide bonds. The molecule has 0 aliphatic carbocycles. The van der Waals surface area contributed by atoms with Crippen molar-refractivity contribution in [2.24, 2.45) is 0 Å². The van der Waals surface area contributed by atoms with Crippen LogP contribution in [0.5, 0.6) is 0 Å². The van der Waals surface area contributed by atoms with Crippen molar-refractivity contribution in [3.63, 3.8) is 0 Å². The van der Waals surface area contributed by atoms with Crippen LogP contribution in [0, 0.1) is 0 Å². The van der Waals surface area contributed by atoms with Gasteiger partial charge in [-0.15, -0.1) is 0 Å². The first kappa shape index (κ1) is 9.61. The number of nitrogens with zero attached hydrogens (tertiary/aromatic N) is 1. The standard InChI is InChI=1S/C9H14N2O3/c1-6-2-7(3-10-6)11-8(12)4-14-5-9(11)13/h6-7,10H,2-5H2,1H3. The summed E-state index contributed by atoms with van der Waals surface area (Å²) in [6.45, 7) is 2.83. The van der Waals surface area contributed by atoms with E-state index in [2.05, 4.69) is 12.2 Å². The molecule has 0 aromatic heterocycles. The van der Waals surface area contributed by atoms with Gasteiger partial charge < -0.3 is 10.1 Å². The monoisotopic (exact) mass is 198 g/mol. The summed E-state index contributed by atoms with van der Waals surface area (Å²) in [5, 5.41) is 3.22. The largest absolute Gasteiger partial charge is 0.362 e. The summed E-state index contributed by atoms with van der Waals surface area (Å²) in [6, 6.07) is 0.400. The van der Waals surface area contributed by atoms with Crippen molar-refractivity contribution in [2.75, 3.05) is 19.8 Å². The number of carbonyl (C=O) groups excluding carboxylic acids is 2. The lowest BCUT2D eigenvalue weighted by atomic mass is 10.1. The minimum absolute atomic E-state index is 0.0221. The molecule has 0 aromatic rings. The Hall–Kier alpha value is -0.940. The molecule has 5 nitrogen and oxygen atoms in total. The first-order valence-corrected chi connectivity index (χ1v) is 4.84. The minimum Gasteiger partial charge on any atom is -0.362 e. The van der Waals surface area contributed by atoms with E-state index in [0.717, 1.165) is 6.42 Å². The summed E-state index contributed by atoms with van der Waals surface area (Å²) in [6.07, 6.45) is 0.845. The van der Waals surface area contributed by atoms with Gasteiger partial charge in [0.15, 0.2) is 0 Å². The van der Waals surface area contributed by atoms with Gasteiger partial charge in [-0.05, 0) is 13.3 Å². The van der Waals surface area contributed by atoms with Gasteiger partial charge in [0.25, 0.3) is 11.8 Å². The second-order valence-corrected chi connectivity index (χ2v) is 3.85. The molecular weight excluding hydrogens is 184 g/mol. The van der Waals surface area contributed by atoms with Crippen LogP contribution in [0.1, 0.15) is 13.3 Å². The van der Waals surface area contributed by atoms with Gasteiger partial charge in [0.05, 0.1) is 6.04 Å². The zero-order valence-corrected chi connectivity index (χ0v) is 8.16. The topological polar surface area (TPSA) is 58.6 Å². The lowest BCUT2D eigenvalue weighted by Gasteiger charge is -2.29. The lowest BCUT2D eigenvalue weighted by molar-refractivity contribution is -0.161. The molecule has 2 saturated heterocycles. The molecule has 1 N–H and O–H groups in total. The van der Waals surface area contributed by atoms with E-state index in [1.165, 1.54) is 4.90 Å². The number of imide groups is 1. The number of ether oxygens (including phenoxy) is 1. The summed E-state index contributed by atoms with van der Waals surface area (Å²) in [5.74, 6) is -0.413. The third kappa shape index (κ3) is 1.65. The van der Waals surface area contributed by atoms with E-state index in [-0.39, 0.29) is 31.1 Å². The SMILES string of the molecule is CC1CC(N2C(=O)COCC2=O)CN1. The average Bonchev–Trinajstić information content (AvgIpc) is 2.51. The van der Waals surface area contributed by atoms with Crippen LogP contribution in [0.2, 0.25) is 0 Å². The smallest absolute Gasteiger partial charge is 0.255 e. The molecule has 5 heteroatoms. The molecule has 2 aliphatic heterocycles. The zero-order valence-electron chi connectivity index (χ0n) is 8.16. The Bertz CT molecular complexity index is 251. The first-order valence-electron chi connectivity index (χ1n) is 4.84. The molecule has 0 radical (unpaired) electrons. The number of carbonyl (C=O) groups is 2. The summed E-state index contributed by atoms with van der Waals surface area (Å²) in [5.41, 5.74) is 0. The molecular formula is C9H14N2O3. The molecule has 2 unspecified atom stereocenters. The molecule has 2 aliphatic rings. The molecule has 2 fully saturated rings. The number of rotatable bonds is 1. The van der Waals surface area contributed by atoms with E-state index in [1.54, 1.807) is 0 Å². The molecule has 0 aromatic carbocycles. The Morgan fingerprint density at radius 2 is 2.00 bits per heavy atom. The van der Waals surface area contributed by atoms with Crippen molar-refractivity contribution < 1.29 is 14.3 Å². The number of morpholine rings is 1. The molecule has 78 valence electrons. The highest BCUT2D eigenvalue weighted by molar-refractivity contribution is 5.98. The second-order valence-electron chi connectivity index (χ2n) is 3.85. The molecule has 2 heterocycles. The minimum atomic E-state index is -0.206. The van der Waals surface area contributed by atoms with Gasteiger partial charge in [0.2, 0.25) is 0 Å². The van der Waals surface area contributed by atoms with E-state index in [0.29, 0.717) is 12.6 Å². The van der Waals surface area contributed by atoms with Gasteiger partial charge in [0, 0.05) is 12.6 Å². The highest BCUT2D eigenvalue weighted by Crippen LogP contribution is 2.16. The summed E-state index contributed by atoms with van der Waals surface area (Å²) in [7, 11) is 0. The van der Waals surface area contributed by atoms with Crippen LogP contribution in [0.4, 0.5) is 0 Å². The van der Waals surface area contributed by atoms with E-state index in [9.17, 15) is 9.59 Å². The average molecular weight is 198 g/mol.